The monoisotopic (exact) mass is 350 g/mol. The SMILES string of the molecule is CC(C)NC(C)(C)CC(C)(C)OC(C)(C)CC(C)(C)NSS. The van der Waals surface area contributed by atoms with Gasteiger partial charge in [0.2, 0.25) is 0 Å². The average molecular weight is 351 g/mol. The van der Waals surface area contributed by atoms with E-state index in [-0.39, 0.29) is 22.3 Å². The molecular formula is C17H38N2OS2. The van der Waals surface area contributed by atoms with Crippen molar-refractivity contribution in [3.63, 3.8) is 0 Å². The molecule has 0 aromatic carbocycles. The van der Waals surface area contributed by atoms with E-state index in [1.807, 2.05) is 0 Å². The van der Waals surface area contributed by atoms with Crippen LogP contribution in [0.25, 0.3) is 0 Å². The Labute approximate surface area is 148 Å². The van der Waals surface area contributed by atoms with Gasteiger partial charge in [0.15, 0.2) is 0 Å². The van der Waals surface area contributed by atoms with Crippen LogP contribution in [-0.4, -0.2) is 28.3 Å². The van der Waals surface area contributed by atoms with Gasteiger partial charge in [-0.2, -0.15) is 0 Å². The molecule has 0 aliphatic heterocycles. The van der Waals surface area contributed by atoms with Gasteiger partial charge in [0, 0.05) is 17.1 Å². The van der Waals surface area contributed by atoms with E-state index in [1.54, 1.807) is 0 Å². The summed E-state index contributed by atoms with van der Waals surface area (Å²) in [5.74, 6) is 0. The Morgan fingerprint density at radius 1 is 0.864 bits per heavy atom. The van der Waals surface area contributed by atoms with Crippen molar-refractivity contribution in [3.05, 3.63) is 0 Å². The molecule has 0 spiro atoms. The van der Waals surface area contributed by atoms with Gasteiger partial charge in [0.1, 0.15) is 0 Å². The molecule has 0 bridgehead atoms. The van der Waals surface area contributed by atoms with E-state index in [1.165, 1.54) is 11.0 Å². The predicted molar refractivity (Wildman–Crippen MR) is 105 cm³/mol. The fraction of sp³-hybridized carbons (Fsp3) is 1.00. The van der Waals surface area contributed by atoms with Crippen molar-refractivity contribution in [1.82, 2.24) is 10.0 Å². The van der Waals surface area contributed by atoms with E-state index in [0.717, 1.165) is 12.8 Å². The summed E-state index contributed by atoms with van der Waals surface area (Å²) < 4.78 is 9.84. The number of hydrogen-bond acceptors (Lipinski definition) is 5. The van der Waals surface area contributed by atoms with Gasteiger partial charge in [-0.15, -0.1) is 0 Å². The molecule has 0 heterocycles. The van der Waals surface area contributed by atoms with Gasteiger partial charge in [-0.3, -0.25) is 0 Å². The van der Waals surface area contributed by atoms with Gasteiger partial charge in [0.25, 0.3) is 0 Å². The minimum Gasteiger partial charge on any atom is -0.370 e. The molecule has 0 saturated carbocycles. The summed E-state index contributed by atoms with van der Waals surface area (Å²) in [7, 11) is 1.36. The van der Waals surface area contributed by atoms with Crippen LogP contribution >= 0.6 is 22.6 Å². The number of hydrogen-bond donors (Lipinski definition) is 3. The number of ether oxygens (including phenoxy) is 1. The van der Waals surface area contributed by atoms with Gasteiger partial charge in [-0.05, 0) is 79.2 Å². The third kappa shape index (κ3) is 10.4. The number of thiol groups is 1. The van der Waals surface area contributed by atoms with Crippen LogP contribution in [0.15, 0.2) is 0 Å². The molecule has 0 radical (unpaired) electrons. The van der Waals surface area contributed by atoms with Crippen LogP contribution in [0.5, 0.6) is 0 Å². The Kier molecular flexibility index (Phi) is 8.32. The molecule has 134 valence electrons. The van der Waals surface area contributed by atoms with Crippen LogP contribution in [0.1, 0.15) is 82.1 Å². The van der Waals surface area contributed by atoms with E-state index in [0.29, 0.717) is 6.04 Å². The molecule has 0 unspecified atom stereocenters. The van der Waals surface area contributed by atoms with Gasteiger partial charge in [0.05, 0.1) is 11.2 Å². The van der Waals surface area contributed by atoms with Crippen molar-refractivity contribution in [2.75, 3.05) is 0 Å². The maximum absolute atomic E-state index is 6.51. The Balaban J connectivity index is 4.80. The molecule has 0 aromatic rings. The highest BCUT2D eigenvalue weighted by Gasteiger charge is 2.37. The van der Waals surface area contributed by atoms with Crippen LogP contribution in [-0.2, 0) is 4.74 Å². The third-order valence-electron chi connectivity index (χ3n) is 3.29. The third-order valence-corrected chi connectivity index (χ3v) is 4.21. The zero-order valence-corrected chi connectivity index (χ0v) is 18.0. The molecule has 3 nitrogen and oxygen atoms in total. The normalized spacial score (nSPS) is 14.7. The van der Waals surface area contributed by atoms with E-state index < -0.39 is 0 Å². The summed E-state index contributed by atoms with van der Waals surface area (Å²) in [4.78, 5) is 0. The second-order valence-corrected chi connectivity index (χ2v) is 10.2. The smallest absolute Gasteiger partial charge is 0.0651 e. The van der Waals surface area contributed by atoms with Gasteiger partial charge in [-0.1, -0.05) is 25.5 Å². The Morgan fingerprint density at radius 2 is 1.27 bits per heavy atom. The van der Waals surface area contributed by atoms with Crippen LogP contribution in [0.2, 0.25) is 0 Å². The highest BCUT2D eigenvalue weighted by Crippen LogP contribution is 2.33. The molecule has 0 saturated heterocycles. The first-order valence-electron chi connectivity index (χ1n) is 8.15. The predicted octanol–water partition coefficient (Wildman–Crippen LogP) is 4.98. The minimum absolute atomic E-state index is 0.0301. The number of nitrogens with one attached hydrogen (secondary N) is 2. The molecule has 0 aromatic heterocycles. The van der Waals surface area contributed by atoms with Crippen LogP contribution in [0, 0.1) is 0 Å². The van der Waals surface area contributed by atoms with Crippen LogP contribution in [0.3, 0.4) is 0 Å². The quantitative estimate of drug-likeness (QED) is 0.295. The summed E-state index contributed by atoms with van der Waals surface area (Å²) in [5.41, 5.74) is -0.392. The Bertz CT molecular complexity index is 340. The highest BCUT2D eigenvalue weighted by atomic mass is 33.1. The lowest BCUT2D eigenvalue weighted by molar-refractivity contribution is -0.142. The topological polar surface area (TPSA) is 33.3 Å². The van der Waals surface area contributed by atoms with Crippen LogP contribution in [0.4, 0.5) is 0 Å². The summed E-state index contributed by atoms with van der Waals surface area (Å²) in [6.45, 7) is 21.9. The van der Waals surface area contributed by atoms with Gasteiger partial charge in [-0.25, -0.2) is 4.72 Å². The fourth-order valence-electron chi connectivity index (χ4n) is 3.94. The maximum atomic E-state index is 6.51. The molecule has 0 aliphatic rings. The molecule has 0 rings (SSSR count). The first-order valence-corrected chi connectivity index (χ1v) is 10.0. The summed E-state index contributed by atoms with van der Waals surface area (Å²) in [6, 6.07) is 0.467. The standard InChI is InChI=1S/C17H38N2OS2/c1-13(2)18-14(3,4)11-16(7,8)20-17(9,10)12-15(5,6)19-22-21/h13,18-19,21H,11-12H2,1-10H3. The summed E-state index contributed by atoms with van der Waals surface area (Å²) in [5, 5.41) is 3.62. The van der Waals surface area contributed by atoms with Crippen molar-refractivity contribution in [2.45, 2.75) is 110 Å². The molecular weight excluding hydrogens is 312 g/mol. The molecule has 0 atom stereocenters. The zero-order valence-electron chi connectivity index (χ0n) is 16.3. The molecule has 0 fully saturated rings. The summed E-state index contributed by atoms with van der Waals surface area (Å²) >= 11 is 4.19. The lowest BCUT2D eigenvalue weighted by atomic mass is 9.86. The lowest BCUT2D eigenvalue weighted by Gasteiger charge is -2.44. The van der Waals surface area contributed by atoms with Crippen molar-refractivity contribution in [1.29, 1.82) is 0 Å². The Morgan fingerprint density at radius 3 is 1.64 bits per heavy atom. The van der Waals surface area contributed by atoms with Crippen molar-refractivity contribution in [3.8, 4) is 0 Å². The molecule has 22 heavy (non-hydrogen) atoms. The van der Waals surface area contributed by atoms with E-state index in [4.69, 9.17) is 4.74 Å². The second kappa shape index (κ2) is 8.11. The first-order chi connectivity index (χ1) is 9.60. The molecule has 5 heteroatoms. The largest absolute Gasteiger partial charge is 0.370 e. The molecule has 0 amide bonds. The Hall–Kier alpha value is 0.580. The zero-order chi connectivity index (χ0) is 17.8. The second-order valence-electron chi connectivity index (χ2n) is 9.24. The molecule has 0 aliphatic carbocycles. The lowest BCUT2D eigenvalue weighted by Crippen LogP contribution is -2.51. The van der Waals surface area contributed by atoms with Crippen molar-refractivity contribution < 1.29 is 4.74 Å². The highest BCUT2D eigenvalue weighted by molar-refractivity contribution is 8.67. The molecule has 2 N–H and O–H groups in total. The minimum atomic E-state index is -0.211. The van der Waals surface area contributed by atoms with Crippen molar-refractivity contribution >= 4 is 22.6 Å². The van der Waals surface area contributed by atoms with E-state index in [2.05, 4.69) is 90.9 Å². The number of rotatable bonds is 10. The van der Waals surface area contributed by atoms with E-state index in [9.17, 15) is 0 Å². The fourth-order valence-corrected chi connectivity index (χ4v) is 5.00. The maximum Gasteiger partial charge on any atom is 0.0651 e. The first kappa shape index (κ1) is 22.6. The van der Waals surface area contributed by atoms with Crippen LogP contribution < -0.4 is 10.0 Å². The van der Waals surface area contributed by atoms with E-state index >= 15 is 0 Å². The van der Waals surface area contributed by atoms with Crippen molar-refractivity contribution in [2.24, 2.45) is 0 Å². The van der Waals surface area contributed by atoms with Gasteiger partial charge >= 0.3 is 0 Å². The summed E-state index contributed by atoms with van der Waals surface area (Å²) in [6.07, 6.45) is 1.87. The average Bonchev–Trinajstić information content (AvgIpc) is 2.06. The van der Waals surface area contributed by atoms with Gasteiger partial charge < -0.3 is 10.1 Å².